The molecule has 0 spiro atoms. The largest absolute Gasteiger partial charge is 0.416 e. The van der Waals surface area contributed by atoms with Crippen LogP contribution in [0.4, 0.5) is 19.0 Å². The Kier molecular flexibility index (Phi) is 2.98. The van der Waals surface area contributed by atoms with Crippen LogP contribution in [0.1, 0.15) is 21.5 Å². The lowest BCUT2D eigenvalue weighted by Gasteiger charge is -2.37. The molecule has 2 aromatic rings. The van der Waals surface area contributed by atoms with E-state index >= 15 is 0 Å². The molecule has 0 fully saturated rings. The van der Waals surface area contributed by atoms with E-state index < -0.39 is 18.0 Å². The molecule has 1 amide bonds. The summed E-state index contributed by atoms with van der Waals surface area (Å²) < 4.78 is 40.3. The van der Waals surface area contributed by atoms with Gasteiger partial charge in [-0.2, -0.15) is 18.3 Å². The van der Waals surface area contributed by atoms with E-state index in [1.165, 1.54) is 16.9 Å². The second-order valence-corrected chi connectivity index (χ2v) is 5.53. The highest BCUT2D eigenvalue weighted by Crippen LogP contribution is 2.35. The summed E-state index contributed by atoms with van der Waals surface area (Å²) in [5, 5.41) is 6.76. The van der Waals surface area contributed by atoms with Gasteiger partial charge in [-0.3, -0.25) is 10.5 Å². The van der Waals surface area contributed by atoms with Crippen molar-refractivity contribution in [1.29, 1.82) is 0 Å². The molecular formula is C15H12F3N5O. The summed E-state index contributed by atoms with van der Waals surface area (Å²) in [6.45, 7) is 0.353. The highest BCUT2D eigenvalue weighted by Gasteiger charge is 2.36. The maximum absolute atomic E-state index is 12.9. The van der Waals surface area contributed by atoms with E-state index in [0.717, 1.165) is 12.1 Å². The molecule has 0 saturated carbocycles. The lowest BCUT2D eigenvalue weighted by atomic mass is 10.1. The van der Waals surface area contributed by atoms with Crippen LogP contribution in [0.5, 0.6) is 0 Å². The summed E-state index contributed by atoms with van der Waals surface area (Å²) in [6.07, 6.45) is -2.02. The van der Waals surface area contributed by atoms with E-state index in [9.17, 15) is 18.0 Å². The first kappa shape index (κ1) is 14.8. The fraction of sp³-hybridized carbons (Fsp3) is 0.200. The van der Waals surface area contributed by atoms with Gasteiger partial charge in [-0.25, -0.2) is 4.68 Å². The highest BCUT2D eigenvalue weighted by molar-refractivity contribution is 6.02. The number of amides is 1. The van der Waals surface area contributed by atoms with Gasteiger partial charge in [0.15, 0.2) is 6.29 Å². The number of benzene rings is 1. The summed E-state index contributed by atoms with van der Waals surface area (Å²) in [6, 6.07) is 5.01. The SMILES string of the molecule is NC1NC(=O)c2cnn3c2N1CC=C3c1cccc(C(F)(F)F)c1. The normalized spacial score (nSPS) is 19.7. The Balaban J connectivity index is 1.83. The van der Waals surface area contributed by atoms with Crippen LogP contribution in [-0.4, -0.2) is 28.5 Å². The van der Waals surface area contributed by atoms with Crippen molar-refractivity contribution >= 4 is 17.4 Å². The van der Waals surface area contributed by atoms with Crippen LogP contribution < -0.4 is 16.0 Å². The number of carbonyl (C=O) groups excluding carboxylic acids is 1. The van der Waals surface area contributed by atoms with Gasteiger partial charge in [-0.15, -0.1) is 0 Å². The number of nitrogens with two attached hydrogens (primary N) is 1. The van der Waals surface area contributed by atoms with E-state index in [-0.39, 0.29) is 5.91 Å². The van der Waals surface area contributed by atoms with Gasteiger partial charge in [-0.05, 0) is 18.2 Å². The molecule has 1 aromatic heterocycles. The molecule has 4 rings (SSSR count). The molecule has 1 atom stereocenters. The Morgan fingerprint density at radius 1 is 1.33 bits per heavy atom. The van der Waals surface area contributed by atoms with Crippen molar-refractivity contribution in [2.75, 3.05) is 11.4 Å². The number of carbonyl (C=O) groups is 1. The highest BCUT2D eigenvalue weighted by atomic mass is 19.4. The first-order valence-electron chi connectivity index (χ1n) is 7.15. The van der Waals surface area contributed by atoms with Gasteiger partial charge in [0.1, 0.15) is 11.4 Å². The molecule has 24 heavy (non-hydrogen) atoms. The molecule has 2 aliphatic rings. The van der Waals surface area contributed by atoms with Crippen molar-refractivity contribution in [1.82, 2.24) is 15.1 Å². The molecule has 3 N–H and O–H groups in total. The monoisotopic (exact) mass is 335 g/mol. The molecule has 1 unspecified atom stereocenters. The summed E-state index contributed by atoms with van der Waals surface area (Å²) in [5.41, 5.74) is 6.36. The van der Waals surface area contributed by atoms with Crippen LogP contribution in [-0.2, 0) is 6.18 Å². The van der Waals surface area contributed by atoms with Gasteiger partial charge >= 0.3 is 6.18 Å². The summed E-state index contributed by atoms with van der Waals surface area (Å²) in [5.74, 6) is 0.131. The van der Waals surface area contributed by atoms with Gasteiger partial charge in [0.05, 0.1) is 17.5 Å². The number of hydrogen-bond donors (Lipinski definition) is 2. The van der Waals surface area contributed by atoms with Crippen LogP contribution in [0.3, 0.4) is 0 Å². The molecule has 1 aromatic carbocycles. The number of nitrogens with one attached hydrogen (secondary N) is 1. The smallest absolute Gasteiger partial charge is 0.319 e. The third kappa shape index (κ3) is 2.08. The number of aromatic nitrogens is 2. The van der Waals surface area contributed by atoms with E-state index in [2.05, 4.69) is 10.4 Å². The van der Waals surface area contributed by atoms with E-state index in [0.29, 0.717) is 29.2 Å². The standard InChI is InChI=1S/C15H12F3N5O/c16-15(17,18)9-3-1-2-8(6-9)11-4-5-22-13-10(7-20-23(11)13)12(24)21-14(22)19/h1-4,6-7,14H,5,19H2,(H,21,24). The third-order valence-electron chi connectivity index (χ3n) is 4.07. The number of rotatable bonds is 1. The van der Waals surface area contributed by atoms with Crippen molar-refractivity contribution < 1.29 is 18.0 Å². The van der Waals surface area contributed by atoms with Gasteiger partial charge in [-0.1, -0.05) is 12.1 Å². The van der Waals surface area contributed by atoms with Crippen LogP contribution in [0, 0.1) is 0 Å². The molecule has 9 heteroatoms. The van der Waals surface area contributed by atoms with Gasteiger partial charge in [0.2, 0.25) is 0 Å². The Hall–Kier alpha value is -2.81. The number of nitrogens with zero attached hydrogens (tertiary/aromatic N) is 3. The second kappa shape index (κ2) is 4.84. The van der Waals surface area contributed by atoms with Crippen LogP contribution in [0.15, 0.2) is 36.5 Å². The average molecular weight is 335 g/mol. The average Bonchev–Trinajstić information content (AvgIpc) is 2.97. The minimum Gasteiger partial charge on any atom is -0.319 e. The predicted molar refractivity (Wildman–Crippen MR) is 79.8 cm³/mol. The summed E-state index contributed by atoms with van der Waals surface area (Å²) in [4.78, 5) is 13.7. The minimum absolute atomic E-state index is 0.342. The first-order valence-corrected chi connectivity index (χ1v) is 7.15. The zero-order valence-corrected chi connectivity index (χ0v) is 12.2. The van der Waals surface area contributed by atoms with Gasteiger partial charge in [0.25, 0.3) is 5.91 Å². The van der Waals surface area contributed by atoms with E-state index in [1.807, 2.05) is 0 Å². The number of anilines is 1. The lowest BCUT2D eigenvalue weighted by molar-refractivity contribution is -0.137. The molecule has 0 saturated heterocycles. The molecule has 124 valence electrons. The number of alkyl halides is 3. The second-order valence-electron chi connectivity index (χ2n) is 5.53. The minimum atomic E-state index is -4.43. The Bertz CT molecular complexity index is 870. The summed E-state index contributed by atoms with van der Waals surface area (Å²) >= 11 is 0. The fourth-order valence-electron chi connectivity index (χ4n) is 2.94. The fourth-order valence-corrected chi connectivity index (χ4v) is 2.94. The van der Waals surface area contributed by atoms with Crippen molar-refractivity contribution in [2.24, 2.45) is 5.73 Å². The lowest BCUT2D eigenvalue weighted by Crippen LogP contribution is -2.59. The summed E-state index contributed by atoms with van der Waals surface area (Å²) in [7, 11) is 0. The molecule has 2 aliphatic heterocycles. The first-order chi connectivity index (χ1) is 11.4. The zero-order chi connectivity index (χ0) is 17.1. The third-order valence-corrected chi connectivity index (χ3v) is 4.07. The van der Waals surface area contributed by atoms with Crippen molar-refractivity contribution in [3.05, 3.63) is 53.2 Å². The Morgan fingerprint density at radius 3 is 2.88 bits per heavy atom. The Labute approximate surface area is 134 Å². The number of halogens is 3. The number of hydrogen-bond acceptors (Lipinski definition) is 4. The quantitative estimate of drug-likeness (QED) is 0.830. The molecule has 0 radical (unpaired) electrons. The van der Waals surface area contributed by atoms with Crippen LogP contribution in [0.2, 0.25) is 0 Å². The molecule has 6 nitrogen and oxygen atoms in total. The molecular weight excluding hydrogens is 323 g/mol. The van der Waals surface area contributed by atoms with Gasteiger partial charge < -0.3 is 10.2 Å². The van der Waals surface area contributed by atoms with Crippen molar-refractivity contribution in [3.63, 3.8) is 0 Å². The molecule has 0 bridgehead atoms. The topological polar surface area (TPSA) is 76.2 Å². The van der Waals surface area contributed by atoms with Crippen molar-refractivity contribution in [3.8, 4) is 0 Å². The maximum atomic E-state index is 12.9. The molecule has 0 aliphatic carbocycles. The van der Waals surface area contributed by atoms with E-state index in [4.69, 9.17) is 5.73 Å². The van der Waals surface area contributed by atoms with Crippen LogP contribution >= 0.6 is 0 Å². The molecule has 3 heterocycles. The Morgan fingerprint density at radius 2 is 2.12 bits per heavy atom. The van der Waals surface area contributed by atoms with Crippen molar-refractivity contribution in [2.45, 2.75) is 12.5 Å². The maximum Gasteiger partial charge on any atom is 0.416 e. The van der Waals surface area contributed by atoms with Crippen LogP contribution in [0.25, 0.3) is 5.70 Å². The van der Waals surface area contributed by atoms with Gasteiger partial charge in [0, 0.05) is 12.1 Å². The van der Waals surface area contributed by atoms with E-state index in [1.54, 1.807) is 17.0 Å². The zero-order valence-electron chi connectivity index (χ0n) is 12.2. The predicted octanol–water partition coefficient (Wildman–Crippen LogP) is 1.60.